The van der Waals surface area contributed by atoms with Gasteiger partial charge in [0, 0.05) is 19.2 Å². The molecule has 0 radical (unpaired) electrons. The van der Waals surface area contributed by atoms with E-state index in [-0.39, 0.29) is 0 Å². The van der Waals surface area contributed by atoms with E-state index in [1.165, 1.54) is 6.08 Å². The number of nitrogens with zero attached hydrogens (tertiary/aromatic N) is 2. The van der Waals surface area contributed by atoms with E-state index in [0.717, 1.165) is 16.6 Å². The Labute approximate surface area is 122 Å². The summed E-state index contributed by atoms with van der Waals surface area (Å²) in [6, 6.07) is 15.0. The topological polar surface area (TPSA) is 44.1 Å². The lowest BCUT2D eigenvalue weighted by Gasteiger charge is -2.01. The van der Waals surface area contributed by atoms with E-state index in [1.54, 1.807) is 24.5 Å². The third-order valence-electron chi connectivity index (χ3n) is 3.13. The van der Waals surface area contributed by atoms with Crippen molar-refractivity contribution in [3.63, 3.8) is 0 Å². The van der Waals surface area contributed by atoms with Crippen molar-refractivity contribution in [2.24, 2.45) is 7.05 Å². The number of aromatic nitrogens is 2. The first-order valence-corrected chi connectivity index (χ1v) is 6.58. The second-order valence-electron chi connectivity index (χ2n) is 4.67. The van der Waals surface area contributed by atoms with Gasteiger partial charge in [0.25, 0.3) is 0 Å². The number of hydrogen-bond donors (Lipinski definition) is 0. The molecular weight excluding hydrogens is 264 g/mol. The lowest BCUT2D eigenvalue weighted by molar-refractivity contribution is -0.128. The summed E-state index contributed by atoms with van der Waals surface area (Å²) < 4.78 is 7.19. The highest BCUT2D eigenvalue weighted by atomic mass is 16.5. The van der Waals surface area contributed by atoms with Gasteiger partial charge in [0.2, 0.25) is 0 Å². The summed E-state index contributed by atoms with van der Waals surface area (Å²) in [5.74, 6) is 0.0815. The van der Waals surface area contributed by atoms with Crippen LogP contribution < -0.4 is 4.74 Å². The van der Waals surface area contributed by atoms with Crippen molar-refractivity contribution in [1.29, 1.82) is 0 Å². The standard InChI is InChI=1S/C17H14N2O2/c1-19-12-18-15-11-14(8-9-16(15)19)21-17(20)10-7-13-5-3-2-4-6-13/h2-12H,1H3. The van der Waals surface area contributed by atoms with Gasteiger partial charge in [0.15, 0.2) is 0 Å². The lowest BCUT2D eigenvalue weighted by Crippen LogP contribution is -2.03. The van der Waals surface area contributed by atoms with E-state index in [4.69, 9.17) is 4.74 Å². The van der Waals surface area contributed by atoms with E-state index in [1.807, 2.05) is 48.0 Å². The van der Waals surface area contributed by atoms with Crippen molar-refractivity contribution in [2.45, 2.75) is 0 Å². The summed E-state index contributed by atoms with van der Waals surface area (Å²) in [5.41, 5.74) is 2.75. The molecule has 104 valence electrons. The van der Waals surface area contributed by atoms with Gasteiger partial charge in [-0.3, -0.25) is 0 Å². The maximum absolute atomic E-state index is 11.8. The molecule has 4 heteroatoms. The maximum atomic E-state index is 11.8. The van der Waals surface area contributed by atoms with Crippen LogP contribution in [0.5, 0.6) is 5.75 Å². The summed E-state index contributed by atoms with van der Waals surface area (Å²) in [6.45, 7) is 0. The number of esters is 1. The summed E-state index contributed by atoms with van der Waals surface area (Å²) in [7, 11) is 1.92. The number of fused-ring (bicyclic) bond motifs is 1. The van der Waals surface area contributed by atoms with Gasteiger partial charge in [-0.1, -0.05) is 30.3 Å². The Kier molecular flexibility index (Phi) is 3.51. The molecule has 3 rings (SSSR count). The highest BCUT2D eigenvalue weighted by Crippen LogP contribution is 2.19. The molecule has 0 N–H and O–H groups in total. The summed E-state index contributed by atoms with van der Waals surface area (Å²) in [4.78, 5) is 16.0. The molecule has 0 aliphatic rings. The Morgan fingerprint density at radius 1 is 1.19 bits per heavy atom. The quantitative estimate of drug-likeness (QED) is 0.420. The van der Waals surface area contributed by atoms with Crippen molar-refractivity contribution in [3.05, 3.63) is 66.5 Å². The molecule has 1 aromatic heterocycles. The molecular formula is C17H14N2O2. The minimum Gasteiger partial charge on any atom is -0.423 e. The average molecular weight is 278 g/mol. The van der Waals surface area contributed by atoms with Gasteiger partial charge in [0.1, 0.15) is 5.75 Å². The minimum atomic E-state index is -0.408. The monoisotopic (exact) mass is 278 g/mol. The Morgan fingerprint density at radius 2 is 2.00 bits per heavy atom. The molecule has 21 heavy (non-hydrogen) atoms. The predicted octanol–water partition coefficient (Wildman–Crippen LogP) is 3.19. The lowest BCUT2D eigenvalue weighted by atomic mass is 10.2. The smallest absolute Gasteiger partial charge is 0.336 e. The number of aryl methyl sites for hydroxylation is 1. The molecule has 0 atom stereocenters. The molecule has 0 spiro atoms. The van der Waals surface area contributed by atoms with Gasteiger partial charge in [0.05, 0.1) is 17.4 Å². The van der Waals surface area contributed by atoms with Crippen molar-refractivity contribution in [1.82, 2.24) is 9.55 Å². The van der Waals surface area contributed by atoms with Crippen molar-refractivity contribution in [3.8, 4) is 5.75 Å². The molecule has 0 unspecified atom stereocenters. The van der Waals surface area contributed by atoms with E-state index < -0.39 is 5.97 Å². The van der Waals surface area contributed by atoms with Gasteiger partial charge >= 0.3 is 5.97 Å². The Bertz CT molecular complexity index is 804. The van der Waals surface area contributed by atoms with E-state index in [2.05, 4.69) is 4.98 Å². The predicted molar refractivity (Wildman–Crippen MR) is 81.8 cm³/mol. The van der Waals surface area contributed by atoms with E-state index in [0.29, 0.717) is 5.75 Å². The Hall–Kier alpha value is -2.88. The number of carbonyl (C=O) groups is 1. The van der Waals surface area contributed by atoms with Crippen LogP contribution in [0, 0.1) is 0 Å². The van der Waals surface area contributed by atoms with Crippen LogP contribution in [0.3, 0.4) is 0 Å². The van der Waals surface area contributed by atoms with Crippen LogP contribution in [-0.2, 0) is 11.8 Å². The maximum Gasteiger partial charge on any atom is 0.336 e. The fraction of sp³-hybridized carbons (Fsp3) is 0.0588. The number of rotatable bonds is 3. The number of hydrogen-bond acceptors (Lipinski definition) is 3. The van der Waals surface area contributed by atoms with E-state index in [9.17, 15) is 4.79 Å². The molecule has 0 bridgehead atoms. The zero-order chi connectivity index (χ0) is 14.7. The van der Waals surface area contributed by atoms with Crippen LogP contribution in [0.25, 0.3) is 17.1 Å². The molecule has 0 amide bonds. The third-order valence-corrected chi connectivity index (χ3v) is 3.13. The van der Waals surface area contributed by atoms with Gasteiger partial charge < -0.3 is 9.30 Å². The minimum absolute atomic E-state index is 0.408. The molecule has 1 heterocycles. The van der Waals surface area contributed by atoms with Gasteiger partial charge in [-0.15, -0.1) is 0 Å². The Morgan fingerprint density at radius 3 is 2.81 bits per heavy atom. The molecule has 0 saturated carbocycles. The fourth-order valence-electron chi connectivity index (χ4n) is 2.06. The molecule has 0 saturated heterocycles. The average Bonchev–Trinajstić information content (AvgIpc) is 2.87. The zero-order valence-corrected chi connectivity index (χ0v) is 11.6. The first-order chi connectivity index (χ1) is 10.2. The zero-order valence-electron chi connectivity index (χ0n) is 11.6. The molecule has 2 aromatic carbocycles. The van der Waals surface area contributed by atoms with Crippen molar-refractivity contribution >= 4 is 23.1 Å². The SMILES string of the molecule is Cn1cnc2cc(OC(=O)C=Cc3ccccc3)ccc21. The van der Waals surface area contributed by atoms with Gasteiger partial charge in [-0.2, -0.15) is 0 Å². The number of imidazole rings is 1. The van der Waals surface area contributed by atoms with Crippen LogP contribution in [0.2, 0.25) is 0 Å². The summed E-state index contributed by atoms with van der Waals surface area (Å²) in [5, 5.41) is 0. The summed E-state index contributed by atoms with van der Waals surface area (Å²) >= 11 is 0. The van der Waals surface area contributed by atoms with Crippen LogP contribution in [0.15, 0.2) is 60.9 Å². The highest BCUT2D eigenvalue weighted by molar-refractivity contribution is 5.89. The number of carbonyl (C=O) groups excluding carboxylic acids is 1. The van der Waals surface area contributed by atoms with Crippen LogP contribution >= 0.6 is 0 Å². The molecule has 0 aliphatic carbocycles. The number of benzene rings is 2. The van der Waals surface area contributed by atoms with Crippen LogP contribution in [0.4, 0.5) is 0 Å². The molecule has 3 aromatic rings. The summed E-state index contributed by atoms with van der Waals surface area (Å²) in [6.07, 6.45) is 4.87. The highest BCUT2D eigenvalue weighted by Gasteiger charge is 2.04. The number of ether oxygens (including phenoxy) is 1. The first kappa shape index (κ1) is 13.1. The second-order valence-corrected chi connectivity index (χ2v) is 4.67. The van der Waals surface area contributed by atoms with Crippen molar-refractivity contribution in [2.75, 3.05) is 0 Å². The van der Waals surface area contributed by atoms with Crippen molar-refractivity contribution < 1.29 is 9.53 Å². The molecule has 0 aliphatic heterocycles. The second kappa shape index (κ2) is 5.63. The Balaban J connectivity index is 1.72. The third kappa shape index (κ3) is 3.00. The fourth-order valence-corrected chi connectivity index (χ4v) is 2.06. The first-order valence-electron chi connectivity index (χ1n) is 6.58. The van der Waals surface area contributed by atoms with Gasteiger partial charge in [-0.05, 0) is 23.8 Å². The van der Waals surface area contributed by atoms with Crippen LogP contribution in [-0.4, -0.2) is 15.5 Å². The van der Waals surface area contributed by atoms with E-state index >= 15 is 0 Å². The van der Waals surface area contributed by atoms with Gasteiger partial charge in [-0.25, -0.2) is 9.78 Å². The largest absolute Gasteiger partial charge is 0.423 e. The van der Waals surface area contributed by atoms with Crippen LogP contribution in [0.1, 0.15) is 5.56 Å². The molecule has 4 nitrogen and oxygen atoms in total. The molecule has 0 fully saturated rings. The normalized spacial score (nSPS) is 11.1.